The molecule has 0 aromatic heterocycles. The Bertz CT molecular complexity index is 668. The summed E-state index contributed by atoms with van der Waals surface area (Å²) in [6.07, 6.45) is -4.84. The highest BCUT2D eigenvalue weighted by Gasteiger charge is 2.31. The summed E-state index contributed by atoms with van der Waals surface area (Å²) in [6, 6.07) is 4.11. The SMILES string of the molecule is N[C@@H](c1ccc(OC(F)(F)F)cc1)c1cc(F)c(F)cc1F. The average Bonchev–Trinajstić information content (AvgIpc) is 2.41. The summed E-state index contributed by atoms with van der Waals surface area (Å²) >= 11 is 0. The van der Waals surface area contributed by atoms with Crippen LogP contribution >= 0.6 is 0 Å². The first-order valence-electron chi connectivity index (χ1n) is 5.93. The van der Waals surface area contributed by atoms with Gasteiger partial charge in [-0.2, -0.15) is 0 Å². The minimum Gasteiger partial charge on any atom is -0.406 e. The number of halogens is 6. The molecule has 2 N–H and O–H groups in total. The Morgan fingerprint density at radius 3 is 1.95 bits per heavy atom. The Morgan fingerprint density at radius 1 is 0.864 bits per heavy atom. The van der Waals surface area contributed by atoms with E-state index < -0.39 is 35.6 Å². The number of ether oxygens (including phenoxy) is 1. The lowest BCUT2D eigenvalue weighted by Gasteiger charge is -2.15. The zero-order chi connectivity index (χ0) is 16.5. The number of benzene rings is 2. The van der Waals surface area contributed by atoms with E-state index in [9.17, 15) is 26.3 Å². The number of hydrogen-bond acceptors (Lipinski definition) is 2. The summed E-state index contributed by atoms with van der Waals surface area (Å²) in [6.45, 7) is 0. The largest absolute Gasteiger partial charge is 0.573 e. The fraction of sp³-hybridized carbons (Fsp3) is 0.143. The van der Waals surface area contributed by atoms with Gasteiger partial charge in [0.05, 0.1) is 6.04 Å². The van der Waals surface area contributed by atoms with Gasteiger partial charge < -0.3 is 10.5 Å². The second-order valence-electron chi connectivity index (χ2n) is 4.38. The summed E-state index contributed by atoms with van der Waals surface area (Å²) in [5, 5.41) is 0. The molecule has 0 saturated heterocycles. The predicted molar refractivity (Wildman–Crippen MR) is 65.5 cm³/mol. The van der Waals surface area contributed by atoms with Crippen molar-refractivity contribution in [2.24, 2.45) is 5.73 Å². The van der Waals surface area contributed by atoms with Gasteiger partial charge in [0.2, 0.25) is 0 Å². The number of alkyl halides is 3. The lowest BCUT2D eigenvalue weighted by molar-refractivity contribution is -0.274. The van der Waals surface area contributed by atoms with Crippen LogP contribution in [0.4, 0.5) is 26.3 Å². The summed E-state index contributed by atoms with van der Waals surface area (Å²) in [5.41, 5.74) is 5.61. The molecule has 22 heavy (non-hydrogen) atoms. The molecule has 2 rings (SSSR count). The van der Waals surface area contributed by atoms with Gasteiger partial charge in [0.15, 0.2) is 11.6 Å². The Kier molecular flexibility index (Phi) is 4.32. The fourth-order valence-electron chi connectivity index (χ4n) is 1.83. The Hall–Kier alpha value is -2.22. The van der Waals surface area contributed by atoms with Crippen molar-refractivity contribution >= 4 is 0 Å². The Balaban J connectivity index is 2.27. The molecule has 118 valence electrons. The molecule has 0 saturated carbocycles. The molecule has 8 heteroatoms. The van der Waals surface area contributed by atoms with Crippen LogP contribution in [0.1, 0.15) is 17.2 Å². The molecule has 0 aliphatic rings. The molecular weight excluding hydrogens is 312 g/mol. The highest BCUT2D eigenvalue weighted by molar-refractivity contribution is 5.36. The summed E-state index contributed by atoms with van der Waals surface area (Å²) in [5.74, 6) is -4.16. The van der Waals surface area contributed by atoms with Gasteiger partial charge in [0.1, 0.15) is 11.6 Å². The first-order chi connectivity index (χ1) is 10.2. The molecule has 0 radical (unpaired) electrons. The first-order valence-corrected chi connectivity index (χ1v) is 5.93. The van der Waals surface area contributed by atoms with Gasteiger partial charge in [-0.3, -0.25) is 0 Å². The van der Waals surface area contributed by atoms with E-state index in [1.807, 2.05) is 0 Å². The van der Waals surface area contributed by atoms with E-state index in [0.717, 1.165) is 12.1 Å². The summed E-state index contributed by atoms with van der Waals surface area (Å²) in [7, 11) is 0. The van der Waals surface area contributed by atoms with Crippen LogP contribution in [0, 0.1) is 17.5 Å². The van der Waals surface area contributed by atoms with Crippen LogP contribution in [0.2, 0.25) is 0 Å². The van der Waals surface area contributed by atoms with Crippen molar-refractivity contribution in [2.45, 2.75) is 12.4 Å². The Morgan fingerprint density at radius 2 is 1.41 bits per heavy atom. The maximum absolute atomic E-state index is 13.6. The monoisotopic (exact) mass is 321 g/mol. The van der Waals surface area contributed by atoms with Crippen molar-refractivity contribution in [1.29, 1.82) is 0 Å². The predicted octanol–water partition coefficient (Wildman–Crippen LogP) is 4.05. The van der Waals surface area contributed by atoms with Gasteiger partial charge in [0, 0.05) is 11.6 Å². The third kappa shape index (κ3) is 3.70. The molecule has 1 atom stereocenters. The molecule has 2 nitrogen and oxygen atoms in total. The van der Waals surface area contributed by atoms with Crippen molar-refractivity contribution in [3.05, 3.63) is 65.0 Å². The van der Waals surface area contributed by atoms with E-state index in [2.05, 4.69) is 4.74 Å². The summed E-state index contributed by atoms with van der Waals surface area (Å²) < 4.78 is 79.4. The molecule has 0 bridgehead atoms. The topological polar surface area (TPSA) is 35.2 Å². The zero-order valence-electron chi connectivity index (χ0n) is 10.8. The van der Waals surface area contributed by atoms with Gasteiger partial charge in [-0.05, 0) is 23.8 Å². The van der Waals surface area contributed by atoms with E-state index in [4.69, 9.17) is 5.73 Å². The normalized spacial score (nSPS) is 13.0. The quantitative estimate of drug-likeness (QED) is 0.684. The highest BCUT2D eigenvalue weighted by atomic mass is 19.4. The standard InChI is InChI=1S/C14H9F6NO/c15-10-6-12(17)11(16)5-9(10)13(21)7-1-3-8(4-2-7)22-14(18,19)20/h1-6,13H,21H2/t13-/m0/s1. The maximum Gasteiger partial charge on any atom is 0.573 e. The fourth-order valence-corrected chi connectivity index (χ4v) is 1.83. The lowest BCUT2D eigenvalue weighted by Crippen LogP contribution is -2.17. The van der Waals surface area contributed by atoms with E-state index in [1.165, 1.54) is 12.1 Å². The van der Waals surface area contributed by atoms with Crippen LogP contribution in [-0.4, -0.2) is 6.36 Å². The van der Waals surface area contributed by atoms with Gasteiger partial charge in [-0.1, -0.05) is 12.1 Å². The lowest BCUT2D eigenvalue weighted by atomic mass is 9.99. The van der Waals surface area contributed by atoms with Crippen LogP contribution in [-0.2, 0) is 0 Å². The van der Waals surface area contributed by atoms with Gasteiger partial charge >= 0.3 is 6.36 Å². The average molecular weight is 321 g/mol. The molecule has 0 amide bonds. The Labute approximate surface area is 121 Å². The van der Waals surface area contributed by atoms with Crippen molar-refractivity contribution in [3.8, 4) is 5.75 Å². The van der Waals surface area contributed by atoms with Gasteiger partial charge in [-0.25, -0.2) is 13.2 Å². The van der Waals surface area contributed by atoms with E-state index in [-0.39, 0.29) is 11.1 Å². The van der Waals surface area contributed by atoms with Crippen LogP contribution < -0.4 is 10.5 Å². The molecule has 0 fully saturated rings. The molecule has 2 aromatic carbocycles. The number of hydrogen-bond donors (Lipinski definition) is 1. The van der Waals surface area contributed by atoms with Crippen molar-refractivity contribution in [2.75, 3.05) is 0 Å². The van der Waals surface area contributed by atoms with Crippen LogP contribution in [0.5, 0.6) is 5.75 Å². The second-order valence-corrected chi connectivity index (χ2v) is 4.38. The third-order valence-electron chi connectivity index (χ3n) is 2.85. The smallest absolute Gasteiger partial charge is 0.406 e. The molecule has 0 heterocycles. The third-order valence-corrected chi connectivity index (χ3v) is 2.85. The van der Waals surface area contributed by atoms with Gasteiger partial charge in [0.25, 0.3) is 0 Å². The molecule has 2 aromatic rings. The van der Waals surface area contributed by atoms with Crippen molar-refractivity contribution in [3.63, 3.8) is 0 Å². The number of rotatable bonds is 3. The van der Waals surface area contributed by atoms with Crippen molar-refractivity contribution in [1.82, 2.24) is 0 Å². The minimum absolute atomic E-state index is 0.208. The molecule has 0 unspecified atom stereocenters. The van der Waals surface area contributed by atoms with E-state index >= 15 is 0 Å². The minimum atomic E-state index is -4.84. The van der Waals surface area contributed by atoms with Crippen LogP contribution in [0.15, 0.2) is 36.4 Å². The number of nitrogens with two attached hydrogens (primary N) is 1. The molecule has 0 spiro atoms. The maximum atomic E-state index is 13.6. The van der Waals surface area contributed by atoms with Crippen LogP contribution in [0.3, 0.4) is 0 Å². The molecular formula is C14H9F6NO. The second kappa shape index (κ2) is 5.88. The summed E-state index contributed by atoms with van der Waals surface area (Å²) in [4.78, 5) is 0. The first kappa shape index (κ1) is 16.2. The molecule has 0 aliphatic carbocycles. The van der Waals surface area contributed by atoms with E-state index in [0.29, 0.717) is 12.1 Å². The van der Waals surface area contributed by atoms with Crippen LogP contribution in [0.25, 0.3) is 0 Å². The zero-order valence-corrected chi connectivity index (χ0v) is 10.8. The van der Waals surface area contributed by atoms with Crippen molar-refractivity contribution < 1.29 is 31.1 Å². The molecule has 0 aliphatic heterocycles. The van der Waals surface area contributed by atoms with E-state index in [1.54, 1.807) is 0 Å². The highest BCUT2D eigenvalue weighted by Crippen LogP contribution is 2.27. The van der Waals surface area contributed by atoms with Gasteiger partial charge in [-0.15, -0.1) is 13.2 Å².